The molecule has 1 fully saturated rings. The lowest BCUT2D eigenvalue weighted by molar-refractivity contribution is -0.111. The van der Waals surface area contributed by atoms with E-state index in [0.717, 1.165) is 26.2 Å². The first-order valence-electron chi connectivity index (χ1n) is 8.96. The van der Waals surface area contributed by atoms with Gasteiger partial charge in [-0.05, 0) is 33.0 Å². The lowest BCUT2D eigenvalue weighted by Crippen LogP contribution is -2.45. The summed E-state index contributed by atoms with van der Waals surface area (Å²) >= 11 is 0. The third kappa shape index (κ3) is 4.68. The molecule has 7 heteroatoms. The highest BCUT2D eigenvalue weighted by Gasteiger charge is 2.19. The third-order valence-corrected chi connectivity index (χ3v) is 4.61. The molecule has 1 amide bonds. The lowest BCUT2D eigenvalue weighted by atomic mass is 10.2. The smallest absolute Gasteiger partial charge is 0.248 e. The van der Waals surface area contributed by atoms with Crippen molar-refractivity contribution >= 4 is 23.6 Å². The summed E-state index contributed by atoms with van der Waals surface area (Å²) in [4.78, 5) is 25.8. The number of halogens is 1. The van der Waals surface area contributed by atoms with Gasteiger partial charge in [0, 0.05) is 37.8 Å². The number of hydrogen-bond donors (Lipinski definition) is 1. The van der Waals surface area contributed by atoms with Gasteiger partial charge in [-0.2, -0.15) is 0 Å². The van der Waals surface area contributed by atoms with Crippen molar-refractivity contribution in [3.8, 4) is 0 Å². The van der Waals surface area contributed by atoms with Gasteiger partial charge in [0.2, 0.25) is 11.9 Å². The number of nitrogens with one attached hydrogen (secondary N) is 1. The van der Waals surface area contributed by atoms with Crippen LogP contribution in [0.2, 0.25) is 0 Å². The second kappa shape index (κ2) is 8.26. The number of carbonyl (C=O) groups is 1. The first kappa shape index (κ1) is 19.0. The third-order valence-electron chi connectivity index (χ3n) is 4.61. The van der Waals surface area contributed by atoms with Crippen LogP contribution < -0.4 is 10.2 Å². The summed E-state index contributed by atoms with van der Waals surface area (Å²) in [6.45, 7) is 7.41. The van der Waals surface area contributed by atoms with Gasteiger partial charge in [0.15, 0.2) is 0 Å². The van der Waals surface area contributed by atoms with Gasteiger partial charge in [-0.1, -0.05) is 18.2 Å². The second-order valence-corrected chi connectivity index (χ2v) is 6.70. The van der Waals surface area contributed by atoms with E-state index >= 15 is 0 Å². The Morgan fingerprint density at radius 3 is 2.37 bits per heavy atom. The van der Waals surface area contributed by atoms with E-state index in [2.05, 4.69) is 32.1 Å². The Labute approximate surface area is 158 Å². The van der Waals surface area contributed by atoms with E-state index in [9.17, 15) is 9.18 Å². The zero-order valence-corrected chi connectivity index (χ0v) is 15.9. The number of benzene rings is 1. The molecular weight excluding hydrogens is 345 g/mol. The fourth-order valence-corrected chi connectivity index (χ4v) is 2.97. The molecule has 27 heavy (non-hydrogen) atoms. The number of nitrogens with zero attached hydrogens (tertiary/aromatic N) is 4. The van der Waals surface area contributed by atoms with Crippen molar-refractivity contribution in [1.29, 1.82) is 0 Å². The molecule has 0 spiro atoms. The summed E-state index contributed by atoms with van der Waals surface area (Å²) in [5.41, 5.74) is 2.38. The van der Waals surface area contributed by atoms with Crippen LogP contribution in [0, 0.1) is 19.7 Å². The summed E-state index contributed by atoms with van der Waals surface area (Å²) in [5, 5.41) is 2.81. The molecule has 1 N–H and O–H groups in total. The van der Waals surface area contributed by atoms with E-state index < -0.39 is 0 Å². The predicted molar refractivity (Wildman–Crippen MR) is 105 cm³/mol. The summed E-state index contributed by atoms with van der Waals surface area (Å²) in [6, 6.07) is 6.30. The van der Waals surface area contributed by atoms with Crippen molar-refractivity contribution in [1.82, 2.24) is 14.9 Å². The van der Waals surface area contributed by atoms with E-state index in [-0.39, 0.29) is 11.7 Å². The molecule has 0 aliphatic carbocycles. The van der Waals surface area contributed by atoms with Gasteiger partial charge in [0.1, 0.15) is 5.82 Å². The lowest BCUT2D eigenvalue weighted by Gasteiger charge is -2.32. The first-order chi connectivity index (χ1) is 12.9. The summed E-state index contributed by atoms with van der Waals surface area (Å²) in [7, 11) is 2.10. The normalized spacial score (nSPS) is 15.3. The van der Waals surface area contributed by atoms with Crippen molar-refractivity contribution in [2.75, 3.05) is 43.4 Å². The SMILES string of the molecule is Cc1nc(N2CCN(C)CC2)nc(C)c1NC(=O)/C=C/c1ccccc1F. The summed E-state index contributed by atoms with van der Waals surface area (Å²) < 4.78 is 13.6. The summed E-state index contributed by atoms with van der Waals surface area (Å²) in [6.07, 6.45) is 2.76. The quantitative estimate of drug-likeness (QED) is 0.840. The van der Waals surface area contributed by atoms with E-state index in [1.807, 2.05) is 13.8 Å². The molecule has 142 valence electrons. The van der Waals surface area contributed by atoms with E-state index in [1.165, 1.54) is 18.2 Å². The Hall–Kier alpha value is -2.80. The summed E-state index contributed by atoms with van der Waals surface area (Å²) in [5.74, 6) is -0.0211. The Bertz CT molecular complexity index is 836. The van der Waals surface area contributed by atoms with Gasteiger partial charge < -0.3 is 15.1 Å². The molecular formula is C20H24FN5O. The Balaban J connectivity index is 1.71. The molecule has 0 saturated carbocycles. The van der Waals surface area contributed by atoms with Gasteiger partial charge in [-0.25, -0.2) is 14.4 Å². The standard InChI is InChI=1S/C20H24FN5O/c1-14-19(24-18(27)9-8-16-6-4-5-7-17(16)21)15(2)23-20(22-14)26-12-10-25(3)11-13-26/h4-9H,10-13H2,1-3H3,(H,24,27)/b9-8+. The first-order valence-corrected chi connectivity index (χ1v) is 8.96. The Morgan fingerprint density at radius 2 is 1.74 bits per heavy atom. The van der Waals surface area contributed by atoms with Crippen LogP contribution in [0.3, 0.4) is 0 Å². The topological polar surface area (TPSA) is 61.4 Å². The molecule has 0 bridgehead atoms. The zero-order valence-electron chi connectivity index (χ0n) is 15.9. The number of aromatic nitrogens is 2. The van der Waals surface area contributed by atoms with Crippen LogP contribution in [0.15, 0.2) is 30.3 Å². The molecule has 1 aliphatic heterocycles. The van der Waals surface area contributed by atoms with Gasteiger partial charge >= 0.3 is 0 Å². The van der Waals surface area contributed by atoms with Crippen LogP contribution in [-0.2, 0) is 4.79 Å². The van der Waals surface area contributed by atoms with Crippen LogP contribution in [0.5, 0.6) is 0 Å². The highest BCUT2D eigenvalue weighted by Crippen LogP contribution is 2.21. The average molecular weight is 369 g/mol. The molecule has 0 atom stereocenters. The van der Waals surface area contributed by atoms with Gasteiger partial charge in [-0.15, -0.1) is 0 Å². The van der Waals surface area contributed by atoms with Crippen molar-refractivity contribution in [3.63, 3.8) is 0 Å². The molecule has 6 nitrogen and oxygen atoms in total. The fourth-order valence-electron chi connectivity index (χ4n) is 2.97. The highest BCUT2D eigenvalue weighted by molar-refractivity contribution is 6.02. The molecule has 3 rings (SSSR count). The average Bonchev–Trinajstić information content (AvgIpc) is 2.64. The molecule has 2 aromatic rings. The molecule has 2 heterocycles. The van der Waals surface area contributed by atoms with Gasteiger partial charge in [0.05, 0.1) is 17.1 Å². The number of aryl methyl sites for hydroxylation is 2. The number of anilines is 2. The van der Waals surface area contributed by atoms with Crippen molar-refractivity contribution in [3.05, 3.63) is 53.1 Å². The molecule has 0 radical (unpaired) electrons. The maximum Gasteiger partial charge on any atom is 0.248 e. The molecule has 1 saturated heterocycles. The van der Waals surface area contributed by atoms with Crippen LogP contribution in [0.4, 0.5) is 16.0 Å². The minimum Gasteiger partial charge on any atom is -0.338 e. The zero-order chi connectivity index (χ0) is 19.4. The van der Waals surface area contributed by atoms with Crippen molar-refractivity contribution < 1.29 is 9.18 Å². The second-order valence-electron chi connectivity index (χ2n) is 6.70. The predicted octanol–water partition coefficient (Wildman–Crippen LogP) is 2.64. The monoisotopic (exact) mass is 369 g/mol. The number of rotatable bonds is 4. The maximum atomic E-state index is 13.6. The van der Waals surface area contributed by atoms with Crippen molar-refractivity contribution in [2.45, 2.75) is 13.8 Å². The van der Waals surface area contributed by atoms with Gasteiger partial charge in [0.25, 0.3) is 0 Å². The largest absolute Gasteiger partial charge is 0.338 e. The molecule has 0 unspecified atom stereocenters. The van der Waals surface area contributed by atoms with Crippen LogP contribution in [-0.4, -0.2) is 54.0 Å². The Morgan fingerprint density at radius 1 is 1.11 bits per heavy atom. The highest BCUT2D eigenvalue weighted by atomic mass is 19.1. The Kier molecular flexibility index (Phi) is 5.81. The van der Waals surface area contributed by atoms with Crippen LogP contribution >= 0.6 is 0 Å². The number of piperazine rings is 1. The minimum absolute atomic E-state index is 0.347. The minimum atomic E-state index is -0.367. The number of likely N-dealkylation sites (N-methyl/N-ethyl adjacent to an activating group) is 1. The van der Waals surface area contributed by atoms with Crippen LogP contribution in [0.1, 0.15) is 17.0 Å². The molecule has 1 aliphatic rings. The van der Waals surface area contributed by atoms with E-state index in [4.69, 9.17) is 0 Å². The van der Waals surface area contributed by atoms with Crippen LogP contribution in [0.25, 0.3) is 6.08 Å². The van der Waals surface area contributed by atoms with Crippen molar-refractivity contribution in [2.24, 2.45) is 0 Å². The number of carbonyl (C=O) groups excluding carboxylic acids is 1. The maximum absolute atomic E-state index is 13.6. The van der Waals surface area contributed by atoms with Gasteiger partial charge in [-0.3, -0.25) is 4.79 Å². The van der Waals surface area contributed by atoms with E-state index in [1.54, 1.807) is 18.2 Å². The number of amides is 1. The van der Waals surface area contributed by atoms with E-state index in [0.29, 0.717) is 28.6 Å². The molecule has 1 aromatic heterocycles. The molecule has 1 aromatic carbocycles. The number of hydrogen-bond acceptors (Lipinski definition) is 5. The fraction of sp³-hybridized carbons (Fsp3) is 0.350.